The smallest absolute Gasteiger partial charge is 0.272 e. The lowest BCUT2D eigenvalue weighted by atomic mass is 9.68. The Hall–Kier alpha value is -2.51. The molecule has 2 fully saturated rings. The first-order valence-electron chi connectivity index (χ1n) is 9.28. The second-order valence-electron chi connectivity index (χ2n) is 7.29. The number of non-ortho nitro benzene ring substituents is 1. The van der Waals surface area contributed by atoms with Crippen molar-refractivity contribution < 1.29 is 9.85 Å². The second kappa shape index (κ2) is 7.80. The Morgan fingerprint density at radius 2 is 1.58 bits per heavy atom. The van der Waals surface area contributed by atoms with Crippen LogP contribution in [0.3, 0.4) is 0 Å². The van der Waals surface area contributed by atoms with E-state index in [1.807, 2.05) is 0 Å². The molecule has 1 aromatic carbocycles. The Morgan fingerprint density at radius 1 is 0.923 bits per heavy atom. The normalized spacial score (nSPS) is 21.3. The molecule has 0 aromatic heterocycles. The van der Waals surface area contributed by atoms with Crippen LogP contribution in [0.25, 0.3) is 0 Å². The topological polar surface area (TPSA) is 111 Å². The van der Waals surface area contributed by atoms with Gasteiger partial charge in [-0.3, -0.25) is 25.7 Å². The summed E-state index contributed by atoms with van der Waals surface area (Å²) in [5.74, 6) is 0. The fraction of sp³-hybridized carbons (Fsp3) is 0.611. The van der Waals surface area contributed by atoms with Gasteiger partial charge in [0.05, 0.1) is 15.9 Å². The van der Waals surface area contributed by atoms with E-state index in [2.05, 4.69) is 10.5 Å². The van der Waals surface area contributed by atoms with Gasteiger partial charge in [0.2, 0.25) is 0 Å². The molecule has 26 heavy (non-hydrogen) atoms. The molecule has 0 atom stereocenters. The van der Waals surface area contributed by atoms with E-state index in [0.717, 1.165) is 43.9 Å². The maximum Gasteiger partial charge on any atom is 0.301 e. The molecule has 2 saturated carbocycles. The minimum absolute atomic E-state index is 0.122. The average molecular weight is 360 g/mol. The van der Waals surface area contributed by atoms with E-state index >= 15 is 0 Å². The number of benzene rings is 1. The Morgan fingerprint density at radius 3 is 2.19 bits per heavy atom. The summed E-state index contributed by atoms with van der Waals surface area (Å²) in [5, 5.41) is 26.7. The molecule has 0 radical (unpaired) electrons. The van der Waals surface area contributed by atoms with E-state index in [0.29, 0.717) is 0 Å². The standard InChI is InChI=1S/C18H24N4O4/c23-21(24)14-8-9-15(16(13-14)22(25)26)19-20-17-7-3-6-12-18(17)10-4-1-2-5-11-18/h8-9,13,19H,1-7,10-12H2/b20-17+. The predicted octanol–water partition coefficient (Wildman–Crippen LogP) is 5.19. The highest BCUT2D eigenvalue weighted by atomic mass is 16.6. The summed E-state index contributed by atoms with van der Waals surface area (Å²) in [6.07, 6.45) is 11.5. The maximum atomic E-state index is 11.3. The van der Waals surface area contributed by atoms with Gasteiger partial charge in [-0.1, -0.05) is 32.1 Å². The number of rotatable bonds is 4. The van der Waals surface area contributed by atoms with E-state index in [1.54, 1.807) is 0 Å². The molecule has 0 heterocycles. The minimum Gasteiger partial charge on any atom is -0.272 e. The summed E-state index contributed by atoms with van der Waals surface area (Å²) in [7, 11) is 0. The lowest BCUT2D eigenvalue weighted by Gasteiger charge is -2.38. The second-order valence-corrected chi connectivity index (χ2v) is 7.29. The molecular formula is C18H24N4O4. The molecule has 0 unspecified atom stereocenters. The van der Waals surface area contributed by atoms with Crippen molar-refractivity contribution >= 4 is 22.8 Å². The first kappa shape index (κ1) is 18.3. The number of hydrogen-bond acceptors (Lipinski definition) is 6. The van der Waals surface area contributed by atoms with Crippen molar-refractivity contribution in [3.8, 4) is 0 Å². The van der Waals surface area contributed by atoms with Crippen molar-refractivity contribution in [1.82, 2.24) is 0 Å². The van der Waals surface area contributed by atoms with Crippen molar-refractivity contribution in [2.45, 2.75) is 64.2 Å². The number of hydrazone groups is 1. The summed E-state index contributed by atoms with van der Waals surface area (Å²) in [4.78, 5) is 20.9. The van der Waals surface area contributed by atoms with E-state index in [4.69, 9.17) is 0 Å². The summed E-state index contributed by atoms with van der Waals surface area (Å²) in [5.41, 5.74) is 3.65. The van der Waals surface area contributed by atoms with Gasteiger partial charge in [0.25, 0.3) is 5.69 Å². The maximum absolute atomic E-state index is 11.3. The third-order valence-electron chi connectivity index (χ3n) is 5.69. The number of nitrogens with zero attached hydrogens (tertiary/aromatic N) is 3. The van der Waals surface area contributed by atoms with Crippen LogP contribution in [0.5, 0.6) is 0 Å². The highest BCUT2D eigenvalue weighted by Gasteiger charge is 2.38. The summed E-state index contributed by atoms with van der Waals surface area (Å²) < 4.78 is 0. The molecule has 0 amide bonds. The van der Waals surface area contributed by atoms with Gasteiger partial charge in [-0.15, -0.1) is 0 Å². The monoisotopic (exact) mass is 360 g/mol. The van der Waals surface area contributed by atoms with Crippen LogP contribution < -0.4 is 5.43 Å². The predicted molar refractivity (Wildman–Crippen MR) is 99.4 cm³/mol. The van der Waals surface area contributed by atoms with Crippen LogP contribution >= 0.6 is 0 Å². The number of nitrogens with one attached hydrogen (secondary N) is 1. The molecule has 1 aromatic rings. The lowest BCUT2D eigenvalue weighted by Crippen LogP contribution is -2.34. The van der Waals surface area contributed by atoms with Gasteiger partial charge in [0.1, 0.15) is 5.69 Å². The zero-order valence-electron chi connectivity index (χ0n) is 14.8. The molecule has 8 heteroatoms. The first-order chi connectivity index (χ1) is 12.5. The van der Waals surface area contributed by atoms with Crippen molar-refractivity contribution in [2.24, 2.45) is 10.5 Å². The zero-order valence-corrected chi connectivity index (χ0v) is 14.8. The van der Waals surface area contributed by atoms with Crippen LogP contribution in [-0.4, -0.2) is 15.6 Å². The zero-order chi connectivity index (χ0) is 18.6. The van der Waals surface area contributed by atoms with Crippen LogP contribution in [0.4, 0.5) is 17.1 Å². The number of nitro benzene ring substituents is 2. The highest BCUT2D eigenvalue weighted by molar-refractivity contribution is 5.91. The Kier molecular flexibility index (Phi) is 5.49. The first-order valence-corrected chi connectivity index (χ1v) is 9.28. The van der Waals surface area contributed by atoms with Crippen LogP contribution in [0.15, 0.2) is 23.3 Å². The van der Waals surface area contributed by atoms with Gasteiger partial charge < -0.3 is 0 Å². The number of nitro groups is 2. The van der Waals surface area contributed by atoms with Gasteiger partial charge in [0.15, 0.2) is 0 Å². The number of anilines is 1. The van der Waals surface area contributed by atoms with Gasteiger partial charge in [-0.25, -0.2) is 0 Å². The SMILES string of the molecule is O=[N+]([O-])c1ccc(N/N=C2\CCCCC23CCCCCC3)c([N+](=O)[O-])c1. The van der Waals surface area contributed by atoms with Crippen LogP contribution in [0, 0.1) is 25.6 Å². The van der Waals surface area contributed by atoms with Gasteiger partial charge in [-0.2, -0.15) is 5.10 Å². The third kappa shape index (κ3) is 3.84. The van der Waals surface area contributed by atoms with Crippen molar-refractivity contribution in [2.75, 3.05) is 5.43 Å². The van der Waals surface area contributed by atoms with Gasteiger partial charge in [0, 0.05) is 17.2 Å². The molecule has 0 aliphatic heterocycles. The summed E-state index contributed by atoms with van der Waals surface area (Å²) in [6.45, 7) is 0. The third-order valence-corrected chi connectivity index (χ3v) is 5.69. The summed E-state index contributed by atoms with van der Waals surface area (Å²) >= 11 is 0. The van der Waals surface area contributed by atoms with Crippen molar-refractivity contribution in [3.63, 3.8) is 0 Å². The fourth-order valence-corrected chi connectivity index (χ4v) is 4.29. The van der Waals surface area contributed by atoms with E-state index < -0.39 is 9.85 Å². The summed E-state index contributed by atoms with van der Waals surface area (Å²) in [6, 6.07) is 3.60. The molecule has 1 spiro atoms. The average Bonchev–Trinajstić information content (AvgIpc) is 2.87. The molecular weight excluding hydrogens is 336 g/mol. The number of hydrogen-bond donors (Lipinski definition) is 1. The van der Waals surface area contributed by atoms with Crippen molar-refractivity contribution in [3.05, 3.63) is 38.4 Å². The Labute approximate surface area is 152 Å². The van der Waals surface area contributed by atoms with E-state index in [9.17, 15) is 20.2 Å². The Balaban J connectivity index is 1.87. The lowest BCUT2D eigenvalue weighted by molar-refractivity contribution is -0.393. The molecule has 2 aliphatic rings. The van der Waals surface area contributed by atoms with Crippen molar-refractivity contribution in [1.29, 1.82) is 0 Å². The van der Waals surface area contributed by atoms with E-state index in [1.165, 1.54) is 44.2 Å². The fourth-order valence-electron chi connectivity index (χ4n) is 4.29. The highest BCUT2D eigenvalue weighted by Crippen LogP contribution is 2.45. The molecule has 0 bridgehead atoms. The van der Waals surface area contributed by atoms with Gasteiger partial charge >= 0.3 is 5.69 Å². The molecule has 2 aliphatic carbocycles. The largest absolute Gasteiger partial charge is 0.301 e. The van der Waals surface area contributed by atoms with Crippen LogP contribution in [0.1, 0.15) is 64.2 Å². The van der Waals surface area contributed by atoms with Crippen LogP contribution in [0.2, 0.25) is 0 Å². The van der Waals surface area contributed by atoms with E-state index in [-0.39, 0.29) is 22.5 Å². The Bertz CT molecular complexity index is 724. The molecule has 3 rings (SSSR count). The van der Waals surface area contributed by atoms with Crippen LogP contribution in [-0.2, 0) is 0 Å². The molecule has 140 valence electrons. The van der Waals surface area contributed by atoms with Gasteiger partial charge in [-0.05, 0) is 38.2 Å². The molecule has 0 saturated heterocycles. The quantitative estimate of drug-likeness (QED) is 0.587. The molecule has 8 nitrogen and oxygen atoms in total. The minimum atomic E-state index is -0.635. The molecule has 1 N–H and O–H groups in total.